The maximum Gasteiger partial charge on any atom is 0.303 e. The topological polar surface area (TPSA) is 88.6 Å². The van der Waals surface area contributed by atoms with Gasteiger partial charge >= 0.3 is 5.97 Å². The summed E-state index contributed by atoms with van der Waals surface area (Å²) in [5.74, 6) is -0.566. The molecule has 146 valence electrons. The van der Waals surface area contributed by atoms with Crippen LogP contribution < -0.4 is 0 Å². The first-order valence-corrected chi connectivity index (χ1v) is 9.49. The van der Waals surface area contributed by atoms with Crippen LogP contribution in [0.5, 0.6) is 0 Å². The van der Waals surface area contributed by atoms with Gasteiger partial charge < -0.3 is 14.4 Å². The predicted molar refractivity (Wildman–Crippen MR) is 103 cm³/mol. The minimum absolute atomic E-state index is 0.0523. The van der Waals surface area contributed by atoms with E-state index in [1.54, 1.807) is 4.90 Å². The molecule has 1 amide bonds. The van der Waals surface area contributed by atoms with Crippen molar-refractivity contribution in [2.75, 3.05) is 6.54 Å². The Kier molecular flexibility index (Phi) is 4.66. The van der Waals surface area contributed by atoms with Crippen LogP contribution in [-0.4, -0.2) is 38.2 Å². The number of amides is 1. The van der Waals surface area contributed by atoms with Crippen molar-refractivity contribution < 1.29 is 19.1 Å². The minimum atomic E-state index is -0.837. The molecule has 0 saturated carbocycles. The van der Waals surface area contributed by atoms with Crippen molar-refractivity contribution in [3.8, 4) is 0 Å². The van der Waals surface area contributed by atoms with Crippen LogP contribution >= 0.6 is 0 Å². The Labute approximate surface area is 162 Å². The van der Waals surface area contributed by atoms with Gasteiger partial charge in [-0.05, 0) is 38.0 Å². The number of carboxylic acids is 1. The summed E-state index contributed by atoms with van der Waals surface area (Å²) in [5.41, 5.74) is 4.36. The largest absolute Gasteiger partial charge is 0.481 e. The van der Waals surface area contributed by atoms with Crippen LogP contribution in [0.2, 0.25) is 0 Å². The molecule has 0 unspecified atom stereocenters. The molecule has 3 heterocycles. The second-order valence-corrected chi connectivity index (χ2v) is 7.38. The molecule has 0 aliphatic carbocycles. The molecule has 0 radical (unpaired) electrons. The van der Waals surface area contributed by atoms with Crippen molar-refractivity contribution >= 4 is 22.8 Å². The maximum atomic E-state index is 13.2. The summed E-state index contributed by atoms with van der Waals surface area (Å²) >= 11 is 0. The lowest BCUT2D eigenvalue weighted by atomic mass is 10.1. The van der Waals surface area contributed by atoms with E-state index >= 15 is 0 Å². The zero-order valence-electron chi connectivity index (χ0n) is 16.1. The van der Waals surface area contributed by atoms with Gasteiger partial charge in [-0.25, -0.2) is 0 Å². The molecule has 4 rings (SSSR count). The predicted octanol–water partition coefficient (Wildman–Crippen LogP) is 3.31. The molecule has 3 aromatic rings. The monoisotopic (exact) mass is 381 g/mol. The molecule has 7 heteroatoms. The molecule has 0 spiro atoms. The van der Waals surface area contributed by atoms with Gasteiger partial charge in [0.2, 0.25) is 0 Å². The molecule has 7 nitrogen and oxygen atoms in total. The van der Waals surface area contributed by atoms with Gasteiger partial charge in [0.25, 0.3) is 5.91 Å². The van der Waals surface area contributed by atoms with Crippen LogP contribution in [0.3, 0.4) is 0 Å². The first kappa shape index (κ1) is 18.3. The van der Waals surface area contributed by atoms with Gasteiger partial charge in [-0.2, -0.15) is 5.10 Å². The lowest BCUT2D eigenvalue weighted by molar-refractivity contribution is -0.136. The number of rotatable bonds is 4. The molecule has 1 aliphatic rings. The van der Waals surface area contributed by atoms with Crippen LogP contribution in [0.4, 0.5) is 0 Å². The van der Waals surface area contributed by atoms with Gasteiger partial charge in [0.05, 0.1) is 24.4 Å². The van der Waals surface area contributed by atoms with E-state index in [9.17, 15) is 9.59 Å². The number of furan rings is 1. The number of nitrogens with zero attached hydrogens (tertiary/aromatic N) is 3. The fraction of sp³-hybridized carbons (Fsp3) is 0.381. The Morgan fingerprint density at radius 1 is 1.21 bits per heavy atom. The number of aliphatic carboxylic acids is 1. The highest BCUT2D eigenvalue weighted by Gasteiger charge is 2.26. The maximum absolute atomic E-state index is 13.2. The molecule has 1 aromatic carbocycles. The number of fused-ring (bicyclic) bond motifs is 2. The van der Waals surface area contributed by atoms with Gasteiger partial charge in [-0.3, -0.25) is 14.3 Å². The van der Waals surface area contributed by atoms with E-state index in [0.29, 0.717) is 31.8 Å². The molecule has 0 fully saturated rings. The average molecular weight is 381 g/mol. The van der Waals surface area contributed by atoms with E-state index in [4.69, 9.17) is 9.52 Å². The highest BCUT2D eigenvalue weighted by atomic mass is 16.4. The number of carbonyl (C=O) groups is 2. The standard InChI is InChI=1S/C21H23N3O4/c1-13-4-6-17-14(2)20(28-18(17)10-13)21(27)23-8-3-9-24-16(12-23)11-15(22-24)5-7-19(25)26/h4,6,10-11H,3,5,7-9,12H2,1-2H3,(H,25,26). The van der Waals surface area contributed by atoms with Crippen LogP contribution in [0.1, 0.15) is 45.9 Å². The lowest BCUT2D eigenvalue weighted by Crippen LogP contribution is -2.30. The van der Waals surface area contributed by atoms with Gasteiger partial charge in [0, 0.05) is 30.5 Å². The molecule has 0 saturated heterocycles. The van der Waals surface area contributed by atoms with Gasteiger partial charge in [-0.1, -0.05) is 12.1 Å². The van der Waals surface area contributed by atoms with E-state index in [2.05, 4.69) is 5.10 Å². The summed E-state index contributed by atoms with van der Waals surface area (Å²) < 4.78 is 7.80. The molecule has 2 aromatic heterocycles. The Morgan fingerprint density at radius 2 is 2.04 bits per heavy atom. The van der Waals surface area contributed by atoms with E-state index in [1.807, 2.05) is 42.8 Å². The second kappa shape index (κ2) is 7.14. The quantitative estimate of drug-likeness (QED) is 0.749. The summed E-state index contributed by atoms with van der Waals surface area (Å²) in [5, 5.41) is 14.3. The summed E-state index contributed by atoms with van der Waals surface area (Å²) in [6, 6.07) is 7.86. The second-order valence-electron chi connectivity index (χ2n) is 7.38. The number of carbonyl (C=O) groups excluding carboxylic acids is 1. The zero-order valence-corrected chi connectivity index (χ0v) is 16.1. The number of aromatic nitrogens is 2. The average Bonchev–Trinajstić information content (AvgIpc) is 3.12. The highest BCUT2D eigenvalue weighted by Crippen LogP contribution is 2.28. The summed E-state index contributed by atoms with van der Waals surface area (Å²) in [6.07, 6.45) is 1.24. The van der Waals surface area contributed by atoms with Crippen molar-refractivity contribution in [2.24, 2.45) is 0 Å². The third-order valence-corrected chi connectivity index (χ3v) is 5.23. The Hall–Kier alpha value is -3.09. The van der Waals surface area contributed by atoms with Crippen molar-refractivity contribution in [3.63, 3.8) is 0 Å². The third kappa shape index (κ3) is 3.40. The van der Waals surface area contributed by atoms with Crippen molar-refractivity contribution in [3.05, 3.63) is 52.5 Å². The fourth-order valence-corrected chi connectivity index (χ4v) is 3.73. The molecule has 0 atom stereocenters. The molecule has 1 aliphatic heterocycles. The molecule has 0 bridgehead atoms. The van der Waals surface area contributed by atoms with E-state index in [1.165, 1.54) is 0 Å². The van der Waals surface area contributed by atoms with E-state index in [0.717, 1.165) is 39.9 Å². The molecular formula is C21H23N3O4. The van der Waals surface area contributed by atoms with Crippen LogP contribution in [0, 0.1) is 13.8 Å². The molecular weight excluding hydrogens is 358 g/mol. The van der Waals surface area contributed by atoms with E-state index in [-0.39, 0.29) is 12.3 Å². The Balaban J connectivity index is 1.59. The van der Waals surface area contributed by atoms with Crippen molar-refractivity contribution in [1.29, 1.82) is 0 Å². The molecule has 1 N–H and O–H groups in total. The van der Waals surface area contributed by atoms with Crippen LogP contribution in [-0.2, 0) is 24.3 Å². The summed E-state index contributed by atoms with van der Waals surface area (Å²) in [6.45, 7) is 5.69. The fourth-order valence-electron chi connectivity index (χ4n) is 3.73. The smallest absolute Gasteiger partial charge is 0.303 e. The normalized spacial score (nSPS) is 14.1. The van der Waals surface area contributed by atoms with Crippen molar-refractivity contribution in [1.82, 2.24) is 14.7 Å². The van der Waals surface area contributed by atoms with Gasteiger partial charge in [0.15, 0.2) is 5.76 Å². The Morgan fingerprint density at radius 3 is 2.82 bits per heavy atom. The molecule has 28 heavy (non-hydrogen) atoms. The first-order chi connectivity index (χ1) is 13.4. The zero-order chi connectivity index (χ0) is 19.8. The van der Waals surface area contributed by atoms with Gasteiger partial charge in [-0.15, -0.1) is 0 Å². The summed E-state index contributed by atoms with van der Waals surface area (Å²) in [7, 11) is 0. The highest BCUT2D eigenvalue weighted by molar-refractivity contribution is 5.99. The Bertz CT molecular complexity index is 1060. The third-order valence-electron chi connectivity index (χ3n) is 5.23. The van der Waals surface area contributed by atoms with Crippen LogP contribution in [0.15, 0.2) is 28.7 Å². The van der Waals surface area contributed by atoms with Crippen LogP contribution in [0.25, 0.3) is 11.0 Å². The minimum Gasteiger partial charge on any atom is -0.481 e. The number of hydrogen-bond donors (Lipinski definition) is 1. The SMILES string of the molecule is Cc1ccc2c(C)c(C(=O)N3CCCn4nc(CCC(=O)O)cc4C3)oc2c1. The number of hydrogen-bond acceptors (Lipinski definition) is 4. The lowest BCUT2D eigenvalue weighted by Gasteiger charge is -2.19. The number of aryl methyl sites for hydroxylation is 4. The van der Waals surface area contributed by atoms with Gasteiger partial charge in [0.1, 0.15) is 5.58 Å². The van der Waals surface area contributed by atoms with E-state index < -0.39 is 5.97 Å². The summed E-state index contributed by atoms with van der Waals surface area (Å²) in [4.78, 5) is 25.8. The number of benzene rings is 1. The number of carboxylic acid groups (broad SMARTS) is 1. The first-order valence-electron chi connectivity index (χ1n) is 9.49. The van der Waals surface area contributed by atoms with Crippen molar-refractivity contribution in [2.45, 2.75) is 46.2 Å².